The first-order valence-corrected chi connectivity index (χ1v) is 10.7. The number of rotatable bonds is 4. The van der Waals surface area contributed by atoms with Crippen LogP contribution >= 0.6 is 11.3 Å². The maximum absolute atomic E-state index is 13.6. The molecule has 2 heterocycles. The normalized spacial score (nSPS) is 10.8. The number of thiophene rings is 1. The van der Waals surface area contributed by atoms with Gasteiger partial charge in [-0.1, -0.05) is 72.8 Å². The Morgan fingerprint density at radius 1 is 0.871 bits per heavy atom. The van der Waals surface area contributed by atoms with Crippen molar-refractivity contribution in [2.75, 3.05) is 0 Å². The van der Waals surface area contributed by atoms with E-state index < -0.39 is 0 Å². The molecule has 3 aromatic carbocycles. The van der Waals surface area contributed by atoms with Crippen LogP contribution in [0.3, 0.4) is 0 Å². The number of nitriles is 1. The van der Waals surface area contributed by atoms with Crippen LogP contribution in [0.25, 0.3) is 32.0 Å². The van der Waals surface area contributed by atoms with Gasteiger partial charge < -0.3 is 0 Å². The van der Waals surface area contributed by atoms with Gasteiger partial charge in [-0.3, -0.25) is 9.36 Å². The van der Waals surface area contributed by atoms with Gasteiger partial charge in [0.1, 0.15) is 10.7 Å². The second-order valence-corrected chi connectivity index (χ2v) is 8.23. The van der Waals surface area contributed by atoms with Gasteiger partial charge in [0.05, 0.1) is 23.6 Å². The summed E-state index contributed by atoms with van der Waals surface area (Å²) in [6, 6.07) is 31.2. The Bertz CT molecular complexity index is 1480. The van der Waals surface area contributed by atoms with Gasteiger partial charge in [0.2, 0.25) is 0 Å². The molecule has 5 heteroatoms. The van der Waals surface area contributed by atoms with Crippen LogP contribution in [0.2, 0.25) is 0 Å². The molecular weight excluding hydrogens is 402 g/mol. The Morgan fingerprint density at radius 3 is 2.29 bits per heavy atom. The third kappa shape index (κ3) is 3.65. The Kier molecular flexibility index (Phi) is 4.91. The lowest BCUT2D eigenvalue weighted by molar-refractivity contribution is 0.760. The first kappa shape index (κ1) is 19.0. The van der Waals surface area contributed by atoms with Gasteiger partial charge in [-0.25, -0.2) is 4.98 Å². The second kappa shape index (κ2) is 8.02. The van der Waals surface area contributed by atoms with Gasteiger partial charge in [0.25, 0.3) is 5.56 Å². The molecule has 0 aliphatic carbocycles. The summed E-state index contributed by atoms with van der Waals surface area (Å²) >= 11 is 1.53. The summed E-state index contributed by atoms with van der Waals surface area (Å²) in [5.41, 5.74) is 3.33. The highest BCUT2D eigenvalue weighted by molar-refractivity contribution is 7.21. The number of nitrogens with zero attached hydrogens (tertiary/aromatic N) is 3. The lowest BCUT2D eigenvalue weighted by Gasteiger charge is -2.13. The third-order valence-electron chi connectivity index (χ3n) is 5.14. The summed E-state index contributed by atoms with van der Waals surface area (Å²) in [5, 5.41) is 9.85. The molecule has 0 aliphatic rings. The molecule has 0 saturated heterocycles. The fraction of sp³-hybridized carbons (Fsp3) is 0.0385. The molecule has 5 rings (SSSR count). The molecule has 0 spiro atoms. The zero-order chi connectivity index (χ0) is 21.2. The van der Waals surface area contributed by atoms with E-state index in [0.717, 1.165) is 26.4 Å². The van der Waals surface area contributed by atoms with E-state index in [-0.39, 0.29) is 5.56 Å². The van der Waals surface area contributed by atoms with Crippen LogP contribution in [0.4, 0.5) is 0 Å². The van der Waals surface area contributed by atoms with E-state index in [4.69, 9.17) is 4.98 Å². The lowest BCUT2D eigenvalue weighted by atomic mass is 10.1. The van der Waals surface area contributed by atoms with Crippen LogP contribution in [0.1, 0.15) is 11.1 Å². The minimum Gasteiger partial charge on any atom is -0.288 e. The molecule has 2 aromatic heterocycles. The molecule has 4 nitrogen and oxygen atoms in total. The van der Waals surface area contributed by atoms with Gasteiger partial charge >= 0.3 is 0 Å². The number of benzene rings is 3. The molecule has 0 fully saturated rings. The Balaban J connectivity index is 1.72. The number of hydrogen-bond donors (Lipinski definition) is 0. The van der Waals surface area contributed by atoms with Crippen LogP contribution in [-0.2, 0) is 6.54 Å². The minimum absolute atomic E-state index is 0.0790. The SMILES string of the molecule is N#Cc1cccc(Cn2c(-c3ccccc3)nc3sc(-c4ccccc4)cc3c2=O)c1. The van der Waals surface area contributed by atoms with Gasteiger partial charge in [-0.05, 0) is 29.3 Å². The topological polar surface area (TPSA) is 58.7 Å². The van der Waals surface area contributed by atoms with Crippen molar-refractivity contribution < 1.29 is 0 Å². The van der Waals surface area contributed by atoms with Crippen LogP contribution in [0, 0.1) is 11.3 Å². The largest absolute Gasteiger partial charge is 0.288 e. The first-order chi connectivity index (χ1) is 15.2. The monoisotopic (exact) mass is 419 g/mol. The number of aromatic nitrogens is 2. The maximum atomic E-state index is 13.6. The number of hydrogen-bond acceptors (Lipinski definition) is 4. The zero-order valence-corrected chi connectivity index (χ0v) is 17.3. The lowest BCUT2D eigenvalue weighted by Crippen LogP contribution is -2.23. The first-order valence-electron chi connectivity index (χ1n) is 9.87. The van der Waals surface area contributed by atoms with E-state index in [0.29, 0.717) is 23.3 Å². The fourth-order valence-electron chi connectivity index (χ4n) is 3.64. The highest BCUT2D eigenvalue weighted by Gasteiger charge is 2.16. The molecule has 0 radical (unpaired) electrons. The van der Waals surface area contributed by atoms with E-state index in [9.17, 15) is 10.1 Å². The Morgan fingerprint density at radius 2 is 1.58 bits per heavy atom. The van der Waals surface area contributed by atoms with Crippen molar-refractivity contribution in [2.45, 2.75) is 6.54 Å². The summed E-state index contributed by atoms with van der Waals surface area (Å²) < 4.78 is 1.70. The Hall–Kier alpha value is -4.01. The minimum atomic E-state index is -0.0790. The smallest absolute Gasteiger partial charge is 0.262 e. The van der Waals surface area contributed by atoms with Crippen molar-refractivity contribution in [2.24, 2.45) is 0 Å². The van der Waals surface area contributed by atoms with Crippen molar-refractivity contribution in [3.63, 3.8) is 0 Å². The quantitative estimate of drug-likeness (QED) is 0.375. The van der Waals surface area contributed by atoms with E-state index in [1.807, 2.05) is 84.9 Å². The van der Waals surface area contributed by atoms with E-state index in [1.54, 1.807) is 10.6 Å². The van der Waals surface area contributed by atoms with Gasteiger partial charge in [-0.2, -0.15) is 5.26 Å². The molecule has 0 saturated carbocycles. The molecule has 0 bridgehead atoms. The van der Waals surface area contributed by atoms with Crippen molar-refractivity contribution in [1.29, 1.82) is 5.26 Å². The molecule has 0 unspecified atom stereocenters. The highest BCUT2D eigenvalue weighted by atomic mass is 32.1. The maximum Gasteiger partial charge on any atom is 0.262 e. The van der Waals surface area contributed by atoms with Crippen LogP contribution < -0.4 is 5.56 Å². The predicted molar refractivity (Wildman–Crippen MR) is 125 cm³/mol. The molecule has 0 N–H and O–H groups in total. The van der Waals surface area contributed by atoms with Gasteiger partial charge in [0, 0.05) is 10.4 Å². The van der Waals surface area contributed by atoms with Crippen molar-refractivity contribution in [3.05, 3.63) is 112 Å². The average molecular weight is 420 g/mol. The fourth-order valence-corrected chi connectivity index (χ4v) is 4.66. The molecule has 0 amide bonds. The molecule has 148 valence electrons. The summed E-state index contributed by atoms with van der Waals surface area (Å²) in [6.07, 6.45) is 0. The Labute approximate surface area is 183 Å². The van der Waals surface area contributed by atoms with Gasteiger partial charge in [-0.15, -0.1) is 11.3 Å². The van der Waals surface area contributed by atoms with Crippen molar-refractivity contribution in [1.82, 2.24) is 9.55 Å². The summed E-state index contributed by atoms with van der Waals surface area (Å²) in [4.78, 5) is 20.2. The molecule has 0 atom stereocenters. The summed E-state index contributed by atoms with van der Waals surface area (Å²) in [7, 11) is 0. The van der Waals surface area contributed by atoms with E-state index >= 15 is 0 Å². The molecule has 5 aromatic rings. The summed E-state index contributed by atoms with van der Waals surface area (Å²) in [6.45, 7) is 0.345. The van der Waals surface area contributed by atoms with Crippen LogP contribution in [-0.4, -0.2) is 9.55 Å². The molecule has 0 aliphatic heterocycles. The zero-order valence-electron chi connectivity index (χ0n) is 16.5. The average Bonchev–Trinajstić information content (AvgIpc) is 3.27. The predicted octanol–water partition coefficient (Wildman–Crippen LogP) is 5.71. The molecular formula is C26H17N3OS. The van der Waals surface area contributed by atoms with Gasteiger partial charge in [0.15, 0.2) is 0 Å². The van der Waals surface area contributed by atoms with Crippen LogP contribution in [0.5, 0.6) is 0 Å². The second-order valence-electron chi connectivity index (χ2n) is 7.20. The van der Waals surface area contributed by atoms with E-state index in [2.05, 4.69) is 6.07 Å². The third-order valence-corrected chi connectivity index (χ3v) is 6.22. The number of fused-ring (bicyclic) bond motifs is 1. The van der Waals surface area contributed by atoms with E-state index in [1.165, 1.54) is 11.3 Å². The van der Waals surface area contributed by atoms with Crippen LogP contribution in [0.15, 0.2) is 95.8 Å². The highest BCUT2D eigenvalue weighted by Crippen LogP contribution is 2.32. The summed E-state index contributed by atoms with van der Waals surface area (Å²) in [5.74, 6) is 0.627. The standard InChI is InChI=1S/C26H17N3OS/c27-16-18-8-7-9-19(14-18)17-29-24(21-12-5-2-6-13-21)28-25-22(26(29)30)15-23(31-25)20-10-3-1-4-11-20/h1-15H,17H2. The molecule has 31 heavy (non-hydrogen) atoms. The van der Waals surface area contributed by atoms with Crippen molar-refractivity contribution in [3.8, 4) is 27.9 Å². The van der Waals surface area contributed by atoms with Crippen molar-refractivity contribution >= 4 is 21.6 Å².